The Morgan fingerprint density at radius 2 is 1.79 bits per heavy atom. The third kappa shape index (κ3) is 5.54. The van der Waals surface area contributed by atoms with Crippen LogP contribution in [0.2, 0.25) is 0 Å². The number of methoxy groups -OCH3 is 1. The van der Waals surface area contributed by atoms with Crippen molar-refractivity contribution in [2.45, 2.75) is 26.3 Å². The topological polar surface area (TPSA) is 105 Å². The van der Waals surface area contributed by atoms with Crippen molar-refractivity contribution >= 4 is 23.5 Å². The van der Waals surface area contributed by atoms with E-state index in [0.717, 1.165) is 0 Å². The number of rotatable bonds is 8. The van der Waals surface area contributed by atoms with Crippen LogP contribution in [-0.2, 0) is 4.79 Å². The minimum atomic E-state index is -1.32. The van der Waals surface area contributed by atoms with E-state index in [-0.39, 0.29) is 22.7 Å². The van der Waals surface area contributed by atoms with Crippen molar-refractivity contribution in [3.63, 3.8) is 0 Å². The zero-order valence-corrected chi connectivity index (χ0v) is 16.4. The van der Waals surface area contributed by atoms with Crippen LogP contribution in [0.1, 0.15) is 36.2 Å². The van der Waals surface area contributed by atoms with Gasteiger partial charge in [-0.3, -0.25) is 9.59 Å². The molecular weight excluding hydrogens is 379 g/mol. The number of carbonyl (C=O) groups excluding carboxylic acids is 2. The summed E-state index contributed by atoms with van der Waals surface area (Å²) in [4.78, 5) is 36.7. The molecule has 0 saturated heterocycles. The Balaban J connectivity index is 2.39. The average molecular weight is 402 g/mol. The minimum Gasteiger partial charge on any atom is -0.497 e. The number of carbonyl (C=O) groups is 3. The van der Waals surface area contributed by atoms with E-state index in [9.17, 15) is 18.8 Å². The van der Waals surface area contributed by atoms with E-state index < -0.39 is 29.6 Å². The molecule has 0 heterocycles. The Morgan fingerprint density at radius 3 is 2.34 bits per heavy atom. The molecule has 0 aliphatic carbocycles. The van der Waals surface area contributed by atoms with Crippen LogP contribution in [0.5, 0.6) is 5.75 Å². The highest BCUT2D eigenvalue weighted by Gasteiger charge is 2.27. The van der Waals surface area contributed by atoms with Gasteiger partial charge in [-0.1, -0.05) is 20.3 Å². The van der Waals surface area contributed by atoms with Crippen molar-refractivity contribution < 1.29 is 28.6 Å². The molecule has 0 aliphatic rings. The van der Waals surface area contributed by atoms with Crippen molar-refractivity contribution in [3.8, 4) is 5.75 Å². The van der Waals surface area contributed by atoms with Gasteiger partial charge in [0.2, 0.25) is 5.91 Å². The Hall–Kier alpha value is -3.42. The normalized spacial score (nSPS) is 12.6. The summed E-state index contributed by atoms with van der Waals surface area (Å²) in [6, 6.07) is 8.57. The fourth-order valence-corrected chi connectivity index (χ4v) is 2.75. The summed E-state index contributed by atoms with van der Waals surface area (Å²) in [5.41, 5.74) is 0.574. The molecule has 0 spiro atoms. The van der Waals surface area contributed by atoms with Crippen LogP contribution in [0.15, 0.2) is 42.5 Å². The Labute approximate surface area is 167 Å². The number of halogens is 1. The molecule has 8 heteroatoms. The van der Waals surface area contributed by atoms with Crippen LogP contribution in [0.25, 0.3) is 0 Å². The second-order valence-electron chi connectivity index (χ2n) is 6.55. The first-order valence-electron chi connectivity index (χ1n) is 9.05. The highest BCUT2D eigenvalue weighted by molar-refractivity contribution is 6.14. The number of anilines is 1. The van der Waals surface area contributed by atoms with Crippen molar-refractivity contribution in [1.82, 2.24) is 5.32 Å². The standard InChI is InChI=1S/C21H23FN2O5/c1-4-12(2)18(24-21(27)28)20(26)23-17-10-9-15(29-3)11-16(17)19(25)13-5-7-14(22)8-6-13/h5-12,18,24H,4H2,1-3H3,(H,23,26)(H,27,28). The number of ether oxygens (including phenoxy) is 1. The predicted molar refractivity (Wildman–Crippen MR) is 106 cm³/mol. The molecule has 0 radical (unpaired) electrons. The molecule has 2 amide bonds. The van der Waals surface area contributed by atoms with Crippen molar-refractivity contribution in [3.05, 3.63) is 59.4 Å². The highest BCUT2D eigenvalue weighted by atomic mass is 19.1. The summed E-state index contributed by atoms with van der Waals surface area (Å²) in [5, 5.41) is 13.9. The highest BCUT2D eigenvalue weighted by Crippen LogP contribution is 2.26. The van der Waals surface area contributed by atoms with Gasteiger partial charge in [-0.2, -0.15) is 0 Å². The largest absolute Gasteiger partial charge is 0.497 e. The summed E-state index contributed by atoms with van der Waals surface area (Å²) in [6.07, 6.45) is -0.745. The lowest BCUT2D eigenvalue weighted by Gasteiger charge is -2.23. The van der Waals surface area contributed by atoms with Gasteiger partial charge in [0, 0.05) is 11.1 Å². The van der Waals surface area contributed by atoms with E-state index in [1.54, 1.807) is 13.0 Å². The Kier molecular flexibility index (Phi) is 7.30. The maximum absolute atomic E-state index is 13.2. The van der Waals surface area contributed by atoms with Crippen molar-refractivity contribution in [2.75, 3.05) is 12.4 Å². The summed E-state index contributed by atoms with van der Waals surface area (Å²) >= 11 is 0. The number of hydrogen-bond acceptors (Lipinski definition) is 4. The maximum Gasteiger partial charge on any atom is 0.405 e. The molecule has 2 aromatic rings. The van der Waals surface area contributed by atoms with Gasteiger partial charge in [0.1, 0.15) is 17.6 Å². The zero-order valence-electron chi connectivity index (χ0n) is 16.4. The van der Waals surface area contributed by atoms with Gasteiger partial charge in [0.15, 0.2) is 5.78 Å². The average Bonchev–Trinajstić information content (AvgIpc) is 2.71. The van der Waals surface area contributed by atoms with Crippen molar-refractivity contribution in [1.29, 1.82) is 0 Å². The van der Waals surface area contributed by atoms with E-state index >= 15 is 0 Å². The SMILES string of the molecule is CCC(C)C(NC(=O)O)C(=O)Nc1ccc(OC)cc1C(=O)c1ccc(F)cc1. The molecule has 29 heavy (non-hydrogen) atoms. The molecule has 2 unspecified atom stereocenters. The maximum atomic E-state index is 13.2. The molecule has 0 aromatic heterocycles. The number of nitrogens with one attached hydrogen (secondary N) is 2. The second-order valence-corrected chi connectivity index (χ2v) is 6.55. The van der Waals surface area contributed by atoms with E-state index in [1.165, 1.54) is 43.5 Å². The number of amides is 2. The molecule has 0 aliphatic heterocycles. The fourth-order valence-electron chi connectivity index (χ4n) is 2.75. The number of ketones is 1. The molecule has 2 atom stereocenters. The summed E-state index contributed by atoms with van der Waals surface area (Å²) in [7, 11) is 1.44. The molecule has 0 fully saturated rings. The molecule has 2 aromatic carbocycles. The van der Waals surface area contributed by atoms with Crippen LogP contribution in [0.4, 0.5) is 14.9 Å². The van der Waals surface area contributed by atoms with Gasteiger partial charge in [-0.25, -0.2) is 9.18 Å². The van der Waals surface area contributed by atoms with Gasteiger partial charge in [-0.15, -0.1) is 0 Å². The lowest BCUT2D eigenvalue weighted by atomic mass is 9.97. The van der Waals surface area contributed by atoms with E-state index in [4.69, 9.17) is 9.84 Å². The smallest absolute Gasteiger partial charge is 0.405 e. The molecular formula is C21H23FN2O5. The molecule has 7 nitrogen and oxygen atoms in total. The first-order chi connectivity index (χ1) is 13.8. The molecule has 3 N–H and O–H groups in total. The van der Waals surface area contributed by atoms with E-state index in [2.05, 4.69) is 10.6 Å². The van der Waals surface area contributed by atoms with Gasteiger partial charge in [-0.05, 0) is 48.4 Å². The molecule has 0 bridgehead atoms. The Morgan fingerprint density at radius 1 is 1.14 bits per heavy atom. The van der Waals surface area contributed by atoms with Crippen LogP contribution >= 0.6 is 0 Å². The van der Waals surface area contributed by atoms with Gasteiger partial charge in [0.25, 0.3) is 0 Å². The Bertz CT molecular complexity index is 898. The quantitative estimate of drug-likeness (QED) is 0.584. The van der Waals surface area contributed by atoms with Crippen LogP contribution < -0.4 is 15.4 Å². The summed E-state index contributed by atoms with van der Waals surface area (Å²) in [5.74, 6) is -1.36. The minimum absolute atomic E-state index is 0.141. The third-order valence-electron chi connectivity index (χ3n) is 4.61. The fraction of sp³-hybridized carbons (Fsp3) is 0.286. The first-order valence-corrected chi connectivity index (χ1v) is 9.05. The molecule has 0 saturated carbocycles. The zero-order chi connectivity index (χ0) is 21.6. The van der Waals surface area contributed by atoms with Gasteiger partial charge in [0.05, 0.1) is 12.8 Å². The summed E-state index contributed by atoms with van der Waals surface area (Å²) < 4.78 is 18.3. The van der Waals surface area contributed by atoms with Crippen LogP contribution in [0, 0.1) is 11.7 Å². The predicted octanol–water partition coefficient (Wildman–Crippen LogP) is 3.69. The monoisotopic (exact) mass is 402 g/mol. The van der Waals surface area contributed by atoms with E-state index in [1.807, 2.05) is 6.92 Å². The number of hydrogen-bond donors (Lipinski definition) is 3. The first kappa shape index (κ1) is 21.9. The number of carboxylic acid groups (broad SMARTS) is 1. The molecule has 2 rings (SSSR count). The molecule has 154 valence electrons. The van der Waals surface area contributed by atoms with Crippen LogP contribution in [-0.4, -0.2) is 36.0 Å². The van der Waals surface area contributed by atoms with Gasteiger partial charge < -0.3 is 20.5 Å². The van der Waals surface area contributed by atoms with E-state index in [0.29, 0.717) is 12.2 Å². The lowest BCUT2D eigenvalue weighted by molar-refractivity contribution is -0.119. The van der Waals surface area contributed by atoms with Crippen LogP contribution in [0.3, 0.4) is 0 Å². The summed E-state index contributed by atoms with van der Waals surface area (Å²) in [6.45, 7) is 3.59. The lowest BCUT2D eigenvalue weighted by Crippen LogP contribution is -2.47. The van der Waals surface area contributed by atoms with Gasteiger partial charge >= 0.3 is 6.09 Å². The third-order valence-corrected chi connectivity index (χ3v) is 4.61. The van der Waals surface area contributed by atoms with Crippen molar-refractivity contribution in [2.24, 2.45) is 5.92 Å². The second kappa shape index (κ2) is 9.68. The number of benzene rings is 2.